The Morgan fingerprint density at radius 1 is 0.939 bits per heavy atom. The molecular weight excluding hydrogens is 412 g/mol. The van der Waals surface area contributed by atoms with E-state index in [-0.39, 0.29) is 6.61 Å². The number of hydrogen-bond acceptors (Lipinski definition) is 5. The third-order valence-electron chi connectivity index (χ3n) is 5.71. The van der Waals surface area contributed by atoms with E-state index in [1.54, 1.807) is 4.68 Å². The molecular formula is C27H30N4O2. The van der Waals surface area contributed by atoms with Crippen molar-refractivity contribution in [2.45, 2.75) is 26.7 Å². The van der Waals surface area contributed by atoms with Gasteiger partial charge in [0.2, 0.25) is 0 Å². The van der Waals surface area contributed by atoms with Crippen LogP contribution in [-0.2, 0) is 24.5 Å². The molecule has 0 bridgehead atoms. The van der Waals surface area contributed by atoms with Gasteiger partial charge in [0.05, 0.1) is 31.7 Å². The molecule has 170 valence electrons. The molecule has 6 heteroatoms. The van der Waals surface area contributed by atoms with Gasteiger partial charge in [-0.25, -0.2) is 4.68 Å². The summed E-state index contributed by atoms with van der Waals surface area (Å²) in [6, 6.07) is 25.0. The highest BCUT2D eigenvalue weighted by Crippen LogP contribution is 2.26. The molecule has 0 aliphatic rings. The van der Waals surface area contributed by atoms with Crippen LogP contribution in [0, 0.1) is 6.92 Å². The van der Waals surface area contributed by atoms with Crippen molar-refractivity contribution in [2.75, 3.05) is 20.2 Å². The highest BCUT2D eigenvalue weighted by molar-refractivity contribution is 5.68. The molecule has 0 amide bonds. The molecule has 1 N–H and O–H groups in total. The number of aliphatic hydroxyl groups is 1. The highest BCUT2D eigenvalue weighted by atomic mass is 16.5. The van der Waals surface area contributed by atoms with Gasteiger partial charge in [-0.15, -0.1) is 5.10 Å². The zero-order chi connectivity index (χ0) is 23.0. The van der Waals surface area contributed by atoms with Gasteiger partial charge in [-0.3, -0.25) is 4.90 Å². The Morgan fingerprint density at radius 3 is 2.48 bits per heavy atom. The Labute approximate surface area is 195 Å². The lowest BCUT2D eigenvalue weighted by atomic mass is 9.97. The normalized spacial score (nSPS) is 11.3. The summed E-state index contributed by atoms with van der Waals surface area (Å²) >= 11 is 0. The average molecular weight is 443 g/mol. The van der Waals surface area contributed by atoms with Crippen molar-refractivity contribution in [2.24, 2.45) is 0 Å². The number of hydrogen-bond donors (Lipinski definition) is 1. The summed E-state index contributed by atoms with van der Waals surface area (Å²) in [5.41, 5.74) is 7.78. The minimum Gasteiger partial charge on any atom is -0.395 e. The molecule has 0 aliphatic heterocycles. The Balaban J connectivity index is 1.35. The van der Waals surface area contributed by atoms with Crippen LogP contribution in [0.25, 0.3) is 16.8 Å². The number of likely N-dealkylation sites (N-methyl/N-ethyl adjacent to an activating group) is 1. The molecule has 6 nitrogen and oxygen atoms in total. The molecule has 0 fully saturated rings. The number of benzene rings is 3. The van der Waals surface area contributed by atoms with E-state index < -0.39 is 0 Å². The summed E-state index contributed by atoms with van der Waals surface area (Å²) in [7, 11) is 1.99. The van der Waals surface area contributed by atoms with Crippen molar-refractivity contribution < 1.29 is 9.84 Å². The molecule has 0 radical (unpaired) electrons. The minimum absolute atomic E-state index is 0.163. The summed E-state index contributed by atoms with van der Waals surface area (Å²) in [6.45, 7) is 4.68. The van der Waals surface area contributed by atoms with Crippen molar-refractivity contribution in [1.29, 1.82) is 0 Å². The van der Waals surface area contributed by atoms with Crippen molar-refractivity contribution in [3.8, 4) is 16.8 Å². The first-order valence-electron chi connectivity index (χ1n) is 11.2. The summed E-state index contributed by atoms with van der Waals surface area (Å²) < 4.78 is 7.74. The number of nitrogens with zero attached hydrogens (tertiary/aromatic N) is 4. The van der Waals surface area contributed by atoms with Crippen LogP contribution < -0.4 is 0 Å². The van der Waals surface area contributed by atoms with Gasteiger partial charge >= 0.3 is 0 Å². The molecule has 0 spiro atoms. The molecule has 1 aromatic heterocycles. The standard InChI is InChI=1S/C27H30N4O2/c1-21-24(9-6-10-27(21)23-7-4-3-5-8-23)19-33-20-25-18-31(29-28-25)26-13-11-22(12-14-26)17-30(2)15-16-32/h3-14,18,32H,15-17,19-20H2,1-2H3. The zero-order valence-corrected chi connectivity index (χ0v) is 19.2. The average Bonchev–Trinajstić information content (AvgIpc) is 3.30. The van der Waals surface area contributed by atoms with E-state index in [1.165, 1.54) is 27.8 Å². The van der Waals surface area contributed by atoms with E-state index >= 15 is 0 Å². The van der Waals surface area contributed by atoms with E-state index in [2.05, 4.69) is 76.7 Å². The van der Waals surface area contributed by atoms with Crippen molar-refractivity contribution >= 4 is 0 Å². The Kier molecular flexibility index (Phi) is 7.62. The van der Waals surface area contributed by atoms with Gasteiger partial charge in [-0.2, -0.15) is 0 Å². The summed E-state index contributed by atoms with van der Waals surface area (Å²) in [6.07, 6.45) is 1.90. The van der Waals surface area contributed by atoms with Crippen molar-refractivity contribution in [3.63, 3.8) is 0 Å². The Morgan fingerprint density at radius 2 is 1.73 bits per heavy atom. The van der Waals surface area contributed by atoms with Crippen LogP contribution in [0.2, 0.25) is 0 Å². The molecule has 4 rings (SSSR count). The van der Waals surface area contributed by atoms with Gasteiger partial charge < -0.3 is 9.84 Å². The second-order valence-corrected chi connectivity index (χ2v) is 8.23. The van der Waals surface area contributed by atoms with E-state index in [1.807, 2.05) is 31.4 Å². The van der Waals surface area contributed by atoms with Gasteiger partial charge in [-0.05, 0) is 53.9 Å². The van der Waals surface area contributed by atoms with Crippen LogP contribution in [0.3, 0.4) is 0 Å². The second-order valence-electron chi connectivity index (χ2n) is 8.23. The molecule has 0 saturated carbocycles. The van der Waals surface area contributed by atoms with E-state index in [0.29, 0.717) is 19.8 Å². The minimum atomic E-state index is 0.163. The lowest BCUT2D eigenvalue weighted by Gasteiger charge is -2.15. The molecule has 0 aliphatic carbocycles. The monoisotopic (exact) mass is 442 g/mol. The Bertz CT molecular complexity index is 1160. The number of ether oxygens (including phenoxy) is 1. The number of rotatable bonds is 10. The quantitative estimate of drug-likeness (QED) is 0.395. The van der Waals surface area contributed by atoms with Crippen molar-refractivity contribution in [3.05, 3.63) is 101 Å². The molecule has 33 heavy (non-hydrogen) atoms. The second kappa shape index (κ2) is 11.0. The van der Waals surface area contributed by atoms with Gasteiger partial charge in [0.25, 0.3) is 0 Å². The van der Waals surface area contributed by atoms with E-state index in [9.17, 15) is 0 Å². The lowest BCUT2D eigenvalue weighted by molar-refractivity contribution is 0.104. The molecule has 4 aromatic rings. The fraction of sp³-hybridized carbons (Fsp3) is 0.259. The van der Waals surface area contributed by atoms with Gasteiger partial charge in [0.15, 0.2) is 0 Å². The topological polar surface area (TPSA) is 63.4 Å². The van der Waals surface area contributed by atoms with Crippen LogP contribution >= 0.6 is 0 Å². The van der Waals surface area contributed by atoms with Gasteiger partial charge in [0.1, 0.15) is 5.69 Å². The van der Waals surface area contributed by atoms with Gasteiger partial charge in [-0.1, -0.05) is 65.9 Å². The third-order valence-corrected chi connectivity index (χ3v) is 5.71. The number of aliphatic hydroxyl groups excluding tert-OH is 1. The molecule has 0 unspecified atom stereocenters. The smallest absolute Gasteiger partial charge is 0.109 e. The predicted octanol–water partition coefficient (Wildman–Crippen LogP) is 4.38. The molecule has 1 heterocycles. The van der Waals surface area contributed by atoms with E-state index in [0.717, 1.165) is 17.9 Å². The maximum absolute atomic E-state index is 9.04. The van der Waals surface area contributed by atoms with Crippen LogP contribution in [0.4, 0.5) is 0 Å². The molecule has 3 aromatic carbocycles. The fourth-order valence-electron chi connectivity index (χ4n) is 3.84. The third kappa shape index (κ3) is 5.93. The highest BCUT2D eigenvalue weighted by Gasteiger charge is 2.08. The van der Waals surface area contributed by atoms with Gasteiger partial charge in [0, 0.05) is 13.1 Å². The van der Waals surface area contributed by atoms with Crippen LogP contribution in [0.15, 0.2) is 79.0 Å². The first-order chi connectivity index (χ1) is 16.1. The first-order valence-corrected chi connectivity index (χ1v) is 11.2. The zero-order valence-electron chi connectivity index (χ0n) is 19.2. The van der Waals surface area contributed by atoms with Crippen LogP contribution in [0.1, 0.15) is 22.4 Å². The first kappa shape index (κ1) is 22.9. The maximum atomic E-state index is 9.04. The molecule has 0 saturated heterocycles. The SMILES string of the molecule is Cc1c(COCc2cn(-c3ccc(CN(C)CCO)cc3)nn2)cccc1-c1ccccc1. The summed E-state index contributed by atoms with van der Waals surface area (Å²) in [5, 5.41) is 17.5. The summed E-state index contributed by atoms with van der Waals surface area (Å²) in [5.74, 6) is 0. The largest absolute Gasteiger partial charge is 0.395 e. The van der Waals surface area contributed by atoms with Crippen LogP contribution in [0.5, 0.6) is 0 Å². The maximum Gasteiger partial charge on any atom is 0.109 e. The van der Waals surface area contributed by atoms with E-state index in [4.69, 9.17) is 9.84 Å². The lowest BCUT2D eigenvalue weighted by Crippen LogP contribution is -2.21. The molecule has 0 atom stereocenters. The summed E-state index contributed by atoms with van der Waals surface area (Å²) in [4.78, 5) is 2.08. The van der Waals surface area contributed by atoms with Crippen molar-refractivity contribution in [1.82, 2.24) is 19.9 Å². The Hall–Kier alpha value is -3.32. The predicted molar refractivity (Wildman–Crippen MR) is 130 cm³/mol. The van der Waals surface area contributed by atoms with Crippen LogP contribution in [-0.4, -0.2) is 45.2 Å². The fourth-order valence-corrected chi connectivity index (χ4v) is 3.84. The number of aromatic nitrogens is 3.